The first-order valence-electron chi connectivity index (χ1n) is 6.85. The molecular formula is C15H19N3O2. The molecule has 0 bridgehead atoms. The fourth-order valence-corrected chi connectivity index (χ4v) is 1.94. The van der Waals surface area contributed by atoms with Crippen molar-refractivity contribution in [3.05, 3.63) is 40.9 Å². The van der Waals surface area contributed by atoms with E-state index in [1.165, 1.54) is 10.9 Å². The summed E-state index contributed by atoms with van der Waals surface area (Å²) in [5.41, 5.74) is 0.574. The van der Waals surface area contributed by atoms with E-state index in [-0.39, 0.29) is 23.9 Å². The largest absolute Gasteiger partial charge is 0.354 e. The van der Waals surface area contributed by atoms with Crippen molar-refractivity contribution in [3.63, 3.8) is 0 Å². The molecule has 2 rings (SSSR count). The predicted molar refractivity (Wildman–Crippen MR) is 78.5 cm³/mol. The highest BCUT2D eigenvalue weighted by Gasteiger charge is 2.08. The molecule has 1 N–H and O–H groups in total. The van der Waals surface area contributed by atoms with Crippen molar-refractivity contribution in [1.29, 1.82) is 0 Å². The minimum Gasteiger partial charge on any atom is -0.354 e. The Bertz CT molecular complexity index is 663. The number of aryl methyl sites for hydroxylation is 1. The lowest BCUT2D eigenvalue weighted by Crippen LogP contribution is -2.33. The third kappa shape index (κ3) is 3.23. The highest BCUT2D eigenvalue weighted by Crippen LogP contribution is 2.04. The normalized spacial score (nSPS) is 12.3. The molecule has 0 aliphatic heterocycles. The number of amides is 1. The Labute approximate surface area is 117 Å². The summed E-state index contributed by atoms with van der Waals surface area (Å²) in [4.78, 5) is 28.2. The first kappa shape index (κ1) is 14.2. The summed E-state index contributed by atoms with van der Waals surface area (Å²) in [6.45, 7) is 4.32. The van der Waals surface area contributed by atoms with Crippen LogP contribution in [0.1, 0.15) is 26.7 Å². The van der Waals surface area contributed by atoms with Crippen LogP contribution in [0.5, 0.6) is 0 Å². The summed E-state index contributed by atoms with van der Waals surface area (Å²) < 4.78 is 1.48. The molecule has 20 heavy (non-hydrogen) atoms. The van der Waals surface area contributed by atoms with Gasteiger partial charge in [-0.15, -0.1) is 0 Å². The van der Waals surface area contributed by atoms with Gasteiger partial charge in [0.15, 0.2) is 0 Å². The molecule has 106 valence electrons. The van der Waals surface area contributed by atoms with Crippen molar-refractivity contribution >= 4 is 16.8 Å². The Kier molecular flexibility index (Phi) is 4.50. The molecule has 1 heterocycles. The quantitative estimate of drug-likeness (QED) is 0.901. The summed E-state index contributed by atoms with van der Waals surface area (Å²) in [5, 5.41) is 3.46. The molecular weight excluding hydrogens is 254 g/mol. The molecule has 1 aromatic carbocycles. The van der Waals surface area contributed by atoms with Gasteiger partial charge in [-0.2, -0.15) is 0 Å². The zero-order valence-electron chi connectivity index (χ0n) is 11.8. The second kappa shape index (κ2) is 6.32. The van der Waals surface area contributed by atoms with Crippen molar-refractivity contribution < 1.29 is 4.79 Å². The van der Waals surface area contributed by atoms with E-state index in [4.69, 9.17) is 0 Å². The highest BCUT2D eigenvalue weighted by molar-refractivity contribution is 5.77. The number of nitrogens with zero attached hydrogens (tertiary/aromatic N) is 2. The number of para-hydroxylation sites is 1. The Morgan fingerprint density at radius 3 is 2.90 bits per heavy atom. The van der Waals surface area contributed by atoms with Crippen LogP contribution in [0.25, 0.3) is 10.9 Å². The Morgan fingerprint density at radius 2 is 2.15 bits per heavy atom. The van der Waals surface area contributed by atoms with Gasteiger partial charge in [0.05, 0.1) is 17.2 Å². The lowest BCUT2D eigenvalue weighted by atomic mass is 10.2. The average Bonchev–Trinajstić information content (AvgIpc) is 2.46. The second-order valence-electron chi connectivity index (χ2n) is 4.89. The predicted octanol–water partition coefficient (Wildman–Crippen LogP) is 1.70. The molecule has 1 atom stereocenters. The van der Waals surface area contributed by atoms with Crippen LogP contribution in [-0.2, 0) is 11.3 Å². The zero-order chi connectivity index (χ0) is 14.5. The van der Waals surface area contributed by atoms with E-state index in [0.29, 0.717) is 17.4 Å². The summed E-state index contributed by atoms with van der Waals surface area (Å²) in [5.74, 6) is -0.0422. The van der Waals surface area contributed by atoms with Gasteiger partial charge in [0.1, 0.15) is 0 Å². The Morgan fingerprint density at radius 1 is 1.40 bits per heavy atom. The van der Waals surface area contributed by atoms with E-state index in [0.717, 1.165) is 6.42 Å². The molecule has 0 fully saturated rings. The van der Waals surface area contributed by atoms with Crippen molar-refractivity contribution in [1.82, 2.24) is 14.9 Å². The van der Waals surface area contributed by atoms with Crippen molar-refractivity contribution in [2.24, 2.45) is 0 Å². The molecule has 5 heteroatoms. The van der Waals surface area contributed by atoms with Crippen LogP contribution in [0.3, 0.4) is 0 Å². The summed E-state index contributed by atoms with van der Waals surface area (Å²) in [6, 6.07) is 7.37. The number of carbonyl (C=O) groups is 1. The van der Waals surface area contributed by atoms with E-state index in [2.05, 4.69) is 10.3 Å². The minimum atomic E-state index is -0.105. The van der Waals surface area contributed by atoms with E-state index in [1.54, 1.807) is 12.1 Å². The third-order valence-electron chi connectivity index (χ3n) is 3.33. The smallest absolute Gasteiger partial charge is 0.261 e. The van der Waals surface area contributed by atoms with Gasteiger partial charge in [0, 0.05) is 19.0 Å². The summed E-state index contributed by atoms with van der Waals surface area (Å²) >= 11 is 0. The lowest BCUT2D eigenvalue weighted by molar-refractivity contribution is -0.121. The standard InChI is InChI=1S/C15H19N3O2/c1-3-11(2)17-14(19)8-9-18-10-16-13-7-5-4-6-12(13)15(18)20/h4-7,10-11H,3,8-9H2,1-2H3,(H,17,19). The first-order chi connectivity index (χ1) is 9.61. The Balaban J connectivity index is 2.09. The van der Waals surface area contributed by atoms with Crippen LogP contribution in [0, 0.1) is 0 Å². The minimum absolute atomic E-state index is 0.0422. The third-order valence-corrected chi connectivity index (χ3v) is 3.33. The molecule has 5 nitrogen and oxygen atoms in total. The lowest BCUT2D eigenvalue weighted by Gasteiger charge is -2.11. The van der Waals surface area contributed by atoms with Gasteiger partial charge in [0.2, 0.25) is 5.91 Å². The van der Waals surface area contributed by atoms with Gasteiger partial charge < -0.3 is 5.32 Å². The van der Waals surface area contributed by atoms with Gasteiger partial charge in [-0.3, -0.25) is 14.2 Å². The number of hydrogen-bond acceptors (Lipinski definition) is 3. The highest BCUT2D eigenvalue weighted by atomic mass is 16.2. The topological polar surface area (TPSA) is 64.0 Å². The molecule has 0 radical (unpaired) electrons. The fraction of sp³-hybridized carbons (Fsp3) is 0.400. The maximum Gasteiger partial charge on any atom is 0.261 e. The van der Waals surface area contributed by atoms with Gasteiger partial charge in [-0.05, 0) is 25.5 Å². The summed E-state index contributed by atoms with van der Waals surface area (Å²) in [7, 11) is 0. The van der Waals surface area contributed by atoms with Crippen molar-refractivity contribution in [3.8, 4) is 0 Å². The maximum atomic E-state index is 12.2. The van der Waals surface area contributed by atoms with Crippen LogP contribution in [0.2, 0.25) is 0 Å². The molecule has 1 unspecified atom stereocenters. The summed E-state index contributed by atoms with van der Waals surface area (Å²) in [6.07, 6.45) is 2.68. The second-order valence-corrected chi connectivity index (χ2v) is 4.89. The van der Waals surface area contributed by atoms with Crippen LogP contribution >= 0.6 is 0 Å². The van der Waals surface area contributed by atoms with Crippen LogP contribution < -0.4 is 10.9 Å². The van der Waals surface area contributed by atoms with Crippen molar-refractivity contribution in [2.75, 3.05) is 0 Å². The van der Waals surface area contributed by atoms with Gasteiger partial charge in [0.25, 0.3) is 5.56 Å². The monoisotopic (exact) mass is 273 g/mol. The van der Waals surface area contributed by atoms with Crippen LogP contribution in [0.4, 0.5) is 0 Å². The molecule has 2 aromatic rings. The van der Waals surface area contributed by atoms with E-state index >= 15 is 0 Å². The SMILES string of the molecule is CCC(C)NC(=O)CCn1cnc2ccccc2c1=O. The Hall–Kier alpha value is -2.17. The first-order valence-corrected chi connectivity index (χ1v) is 6.85. The van der Waals surface area contributed by atoms with Gasteiger partial charge >= 0.3 is 0 Å². The maximum absolute atomic E-state index is 12.2. The number of fused-ring (bicyclic) bond motifs is 1. The number of hydrogen-bond donors (Lipinski definition) is 1. The van der Waals surface area contributed by atoms with Gasteiger partial charge in [-0.25, -0.2) is 4.98 Å². The van der Waals surface area contributed by atoms with E-state index < -0.39 is 0 Å². The zero-order valence-corrected chi connectivity index (χ0v) is 11.8. The number of rotatable bonds is 5. The number of nitrogens with one attached hydrogen (secondary N) is 1. The van der Waals surface area contributed by atoms with E-state index in [9.17, 15) is 9.59 Å². The number of benzene rings is 1. The molecule has 0 saturated heterocycles. The molecule has 0 saturated carbocycles. The van der Waals surface area contributed by atoms with Gasteiger partial charge in [-0.1, -0.05) is 19.1 Å². The molecule has 1 amide bonds. The van der Waals surface area contributed by atoms with Crippen molar-refractivity contribution in [2.45, 2.75) is 39.3 Å². The fourth-order valence-electron chi connectivity index (χ4n) is 1.94. The molecule has 0 aliphatic carbocycles. The molecule has 1 aromatic heterocycles. The van der Waals surface area contributed by atoms with Crippen LogP contribution in [-0.4, -0.2) is 21.5 Å². The molecule has 0 spiro atoms. The number of aromatic nitrogens is 2. The molecule has 0 aliphatic rings. The average molecular weight is 273 g/mol. The van der Waals surface area contributed by atoms with Crippen LogP contribution in [0.15, 0.2) is 35.4 Å². The number of carbonyl (C=O) groups excluding carboxylic acids is 1. The van der Waals surface area contributed by atoms with E-state index in [1.807, 2.05) is 26.0 Å².